The van der Waals surface area contributed by atoms with E-state index in [0.29, 0.717) is 24.0 Å². The smallest absolute Gasteiger partial charge is 0.142 e. The van der Waals surface area contributed by atoms with Gasteiger partial charge < -0.3 is 20.5 Å². The maximum Gasteiger partial charge on any atom is 0.142 e. The van der Waals surface area contributed by atoms with E-state index in [9.17, 15) is 5.11 Å². The summed E-state index contributed by atoms with van der Waals surface area (Å²) in [6, 6.07) is 5.65. The van der Waals surface area contributed by atoms with Crippen LogP contribution in [0.25, 0.3) is 0 Å². The largest absolute Gasteiger partial charge is 0.491 e. The number of piperidine rings is 1. The monoisotopic (exact) mass is 320 g/mol. The molecule has 1 aromatic rings. The Hall–Kier alpha value is -1.26. The molecule has 0 radical (unpaired) electrons. The number of benzene rings is 1. The van der Waals surface area contributed by atoms with Gasteiger partial charge in [-0.2, -0.15) is 0 Å². The molecular formula is C19H32N2O2. The number of aliphatic hydroxyl groups excluding tert-OH is 1. The van der Waals surface area contributed by atoms with Crippen molar-refractivity contribution in [2.75, 3.05) is 32.0 Å². The van der Waals surface area contributed by atoms with Crippen molar-refractivity contribution in [1.82, 2.24) is 4.90 Å². The maximum absolute atomic E-state index is 10.4. The summed E-state index contributed by atoms with van der Waals surface area (Å²) in [5, 5.41) is 10.4. The summed E-state index contributed by atoms with van der Waals surface area (Å²) in [5.74, 6) is 2.01. The van der Waals surface area contributed by atoms with Crippen LogP contribution in [0.4, 0.5) is 5.69 Å². The normalized spacial score (nSPS) is 18.3. The second-order valence-electron chi connectivity index (χ2n) is 7.33. The molecule has 0 amide bonds. The van der Waals surface area contributed by atoms with Gasteiger partial charge in [0, 0.05) is 6.54 Å². The predicted octanol–water partition coefficient (Wildman–Crippen LogP) is 3.46. The molecule has 0 aliphatic carbocycles. The molecular weight excluding hydrogens is 288 g/mol. The molecule has 1 aliphatic rings. The Labute approximate surface area is 140 Å². The van der Waals surface area contributed by atoms with Crippen LogP contribution in [0.2, 0.25) is 0 Å². The van der Waals surface area contributed by atoms with Gasteiger partial charge in [0.25, 0.3) is 0 Å². The minimum atomic E-state index is -0.462. The van der Waals surface area contributed by atoms with Crippen LogP contribution < -0.4 is 10.5 Å². The van der Waals surface area contributed by atoms with Gasteiger partial charge in [0.2, 0.25) is 0 Å². The van der Waals surface area contributed by atoms with Gasteiger partial charge in [-0.1, -0.05) is 26.8 Å². The number of likely N-dealkylation sites (tertiary alicyclic amines) is 1. The number of hydrogen-bond acceptors (Lipinski definition) is 4. The number of nitrogens with two attached hydrogens (primary N) is 1. The van der Waals surface area contributed by atoms with Crippen LogP contribution in [0, 0.1) is 11.8 Å². The average molecular weight is 320 g/mol. The van der Waals surface area contributed by atoms with E-state index >= 15 is 0 Å². The van der Waals surface area contributed by atoms with Crippen LogP contribution >= 0.6 is 0 Å². The molecule has 130 valence electrons. The van der Waals surface area contributed by atoms with Gasteiger partial charge in [0.1, 0.15) is 5.75 Å². The van der Waals surface area contributed by atoms with Crippen molar-refractivity contribution in [1.29, 1.82) is 0 Å². The zero-order chi connectivity index (χ0) is 16.8. The van der Waals surface area contributed by atoms with Crippen LogP contribution in [0.1, 0.15) is 51.7 Å². The Morgan fingerprint density at radius 1 is 1.30 bits per heavy atom. The molecule has 1 heterocycles. The first-order valence-corrected chi connectivity index (χ1v) is 8.88. The molecule has 4 heteroatoms. The summed E-state index contributed by atoms with van der Waals surface area (Å²) >= 11 is 0. The second kappa shape index (κ2) is 8.55. The number of nitrogen functional groups attached to an aromatic ring is 1. The van der Waals surface area contributed by atoms with E-state index in [-0.39, 0.29) is 0 Å². The van der Waals surface area contributed by atoms with E-state index in [0.717, 1.165) is 37.5 Å². The van der Waals surface area contributed by atoms with Crippen LogP contribution in [0.3, 0.4) is 0 Å². The summed E-state index contributed by atoms with van der Waals surface area (Å²) in [6.45, 7) is 10.4. The third kappa shape index (κ3) is 5.70. The van der Waals surface area contributed by atoms with E-state index < -0.39 is 6.10 Å². The molecule has 23 heavy (non-hydrogen) atoms. The fourth-order valence-electron chi connectivity index (χ4n) is 2.92. The van der Waals surface area contributed by atoms with E-state index in [2.05, 4.69) is 25.7 Å². The lowest BCUT2D eigenvalue weighted by molar-refractivity contribution is 0.125. The summed E-state index contributed by atoms with van der Waals surface area (Å²) in [6.07, 6.45) is 2.83. The Balaban J connectivity index is 1.84. The zero-order valence-corrected chi connectivity index (χ0v) is 14.8. The van der Waals surface area contributed by atoms with Gasteiger partial charge in [-0.25, -0.2) is 0 Å². The van der Waals surface area contributed by atoms with Crippen LogP contribution in [-0.2, 0) is 0 Å². The Morgan fingerprint density at radius 3 is 2.61 bits per heavy atom. The van der Waals surface area contributed by atoms with Gasteiger partial charge in [-0.05, 0) is 61.9 Å². The highest BCUT2D eigenvalue weighted by Gasteiger charge is 2.17. The molecule has 0 aromatic heterocycles. The molecule has 1 aromatic carbocycles. The van der Waals surface area contributed by atoms with Crippen LogP contribution in [-0.4, -0.2) is 36.2 Å². The topological polar surface area (TPSA) is 58.7 Å². The lowest BCUT2D eigenvalue weighted by atomic mass is 9.98. The minimum Gasteiger partial charge on any atom is -0.491 e. The lowest BCUT2D eigenvalue weighted by Crippen LogP contribution is -2.34. The van der Waals surface area contributed by atoms with E-state index in [4.69, 9.17) is 10.5 Å². The number of anilines is 1. The second-order valence-corrected chi connectivity index (χ2v) is 7.33. The van der Waals surface area contributed by atoms with Gasteiger partial charge in [-0.15, -0.1) is 0 Å². The molecule has 2 rings (SSSR count). The third-order valence-electron chi connectivity index (χ3n) is 4.59. The van der Waals surface area contributed by atoms with Gasteiger partial charge >= 0.3 is 0 Å². The highest BCUT2D eigenvalue weighted by atomic mass is 16.5. The summed E-state index contributed by atoms with van der Waals surface area (Å²) in [4.78, 5) is 2.45. The van der Waals surface area contributed by atoms with Crippen molar-refractivity contribution in [3.8, 4) is 5.75 Å². The quantitative estimate of drug-likeness (QED) is 0.755. The van der Waals surface area contributed by atoms with Crippen molar-refractivity contribution in [3.05, 3.63) is 23.8 Å². The molecule has 3 N–H and O–H groups in total. The number of hydrogen-bond donors (Lipinski definition) is 2. The van der Waals surface area contributed by atoms with Crippen molar-refractivity contribution in [3.63, 3.8) is 0 Å². The van der Waals surface area contributed by atoms with E-state index in [1.807, 2.05) is 18.2 Å². The first-order valence-electron chi connectivity index (χ1n) is 8.88. The molecule has 0 spiro atoms. The SMILES string of the molecule is CC(C)COc1ccc(C(O)CCN2CCC(C)CC2)cc1N. The minimum absolute atomic E-state index is 0.462. The van der Waals surface area contributed by atoms with Crippen molar-refractivity contribution in [2.45, 2.75) is 46.1 Å². The van der Waals surface area contributed by atoms with Crippen LogP contribution in [0.15, 0.2) is 18.2 Å². The first-order chi connectivity index (χ1) is 11.0. The molecule has 1 unspecified atom stereocenters. The average Bonchev–Trinajstić information content (AvgIpc) is 2.52. The van der Waals surface area contributed by atoms with Crippen molar-refractivity contribution < 1.29 is 9.84 Å². The molecule has 1 saturated heterocycles. The van der Waals surface area contributed by atoms with Gasteiger partial charge in [0.05, 0.1) is 18.4 Å². The maximum atomic E-state index is 10.4. The highest BCUT2D eigenvalue weighted by Crippen LogP contribution is 2.28. The third-order valence-corrected chi connectivity index (χ3v) is 4.59. The Morgan fingerprint density at radius 2 is 2.00 bits per heavy atom. The molecule has 0 saturated carbocycles. The molecule has 1 fully saturated rings. The Bertz CT molecular complexity index is 482. The van der Waals surface area contributed by atoms with E-state index in [1.165, 1.54) is 12.8 Å². The fourth-order valence-corrected chi connectivity index (χ4v) is 2.92. The molecule has 4 nitrogen and oxygen atoms in total. The predicted molar refractivity (Wildman–Crippen MR) is 95.6 cm³/mol. The van der Waals surface area contributed by atoms with Crippen LogP contribution in [0.5, 0.6) is 5.75 Å². The Kier molecular flexibility index (Phi) is 6.72. The lowest BCUT2D eigenvalue weighted by Gasteiger charge is -2.30. The number of nitrogens with zero attached hydrogens (tertiary/aromatic N) is 1. The summed E-state index contributed by atoms with van der Waals surface area (Å²) in [7, 11) is 0. The number of rotatable bonds is 7. The highest BCUT2D eigenvalue weighted by molar-refractivity contribution is 5.54. The number of ether oxygens (including phenoxy) is 1. The van der Waals surface area contributed by atoms with Crippen molar-refractivity contribution >= 4 is 5.69 Å². The zero-order valence-electron chi connectivity index (χ0n) is 14.8. The van der Waals surface area contributed by atoms with Gasteiger partial charge in [-0.3, -0.25) is 0 Å². The standard InChI is InChI=1S/C19H32N2O2/c1-14(2)13-23-19-5-4-16(12-17(19)20)18(22)8-11-21-9-6-15(3)7-10-21/h4-5,12,14-15,18,22H,6-11,13,20H2,1-3H3. The summed E-state index contributed by atoms with van der Waals surface area (Å²) in [5.41, 5.74) is 7.54. The number of aliphatic hydroxyl groups is 1. The molecule has 0 bridgehead atoms. The molecule has 1 atom stereocenters. The first kappa shape index (κ1) is 18.1. The fraction of sp³-hybridized carbons (Fsp3) is 0.684. The van der Waals surface area contributed by atoms with Crippen molar-refractivity contribution in [2.24, 2.45) is 11.8 Å². The molecule has 1 aliphatic heterocycles. The van der Waals surface area contributed by atoms with Gasteiger partial charge in [0.15, 0.2) is 0 Å². The summed E-state index contributed by atoms with van der Waals surface area (Å²) < 4.78 is 5.68. The van der Waals surface area contributed by atoms with E-state index in [1.54, 1.807) is 0 Å².